The minimum Gasteiger partial charge on any atom is -0.457 e. The number of aliphatic imine (C=N–C) groups is 1. The molecule has 0 unspecified atom stereocenters. The van der Waals surface area contributed by atoms with Crippen molar-refractivity contribution in [2.45, 2.75) is 13.8 Å². The fourth-order valence-corrected chi connectivity index (χ4v) is 4.13. The van der Waals surface area contributed by atoms with Crippen LogP contribution in [0.4, 0.5) is 11.4 Å². The Balaban J connectivity index is 1.60. The predicted molar refractivity (Wildman–Crippen MR) is 122 cm³/mol. The Morgan fingerprint density at radius 2 is 1.94 bits per heavy atom. The maximum absolute atomic E-state index is 12.8. The van der Waals surface area contributed by atoms with Crippen LogP contribution < -0.4 is 0 Å². The summed E-state index contributed by atoms with van der Waals surface area (Å²) in [5.41, 5.74) is 2.52. The van der Waals surface area contributed by atoms with E-state index in [0.717, 1.165) is 11.3 Å². The van der Waals surface area contributed by atoms with Crippen molar-refractivity contribution in [2.75, 3.05) is 6.54 Å². The molecular formula is C23H19N3O4S. The predicted octanol–water partition coefficient (Wildman–Crippen LogP) is 5.79. The Morgan fingerprint density at radius 3 is 2.65 bits per heavy atom. The molecule has 0 aliphatic carbocycles. The number of furan rings is 1. The lowest BCUT2D eigenvalue weighted by molar-refractivity contribution is -0.384. The van der Waals surface area contributed by atoms with Gasteiger partial charge in [-0.25, -0.2) is 4.99 Å². The lowest BCUT2D eigenvalue weighted by Crippen LogP contribution is -2.28. The molecule has 0 spiro atoms. The van der Waals surface area contributed by atoms with Gasteiger partial charge in [-0.15, -0.1) is 0 Å². The van der Waals surface area contributed by atoms with E-state index in [2.05, 4.69) is 4.99 Å². The number of carbonyl (C=O) groups excluding carboxylic acids is 1. The average Bonchev–Trinajstić information content (AvgIpc) is 3.34. The van der Waals surface area contributed by atoms with E-state index in [1.165, 1.54) is 23.9 Å². The zero-order valence-electron chi connectivity index (χ0n) is 16.9. The quantitative estimate of drug-likeness (QED) is 0.289. The fraction of sp³-hybridized carbons (Fsp3) is 0.130. The Hall–Kier alpha value is -3.65. The topological polar surface area (TPSA) is 89.0 Å². The molecule has 7 nitrogen and oxygen atoms in total. The van der Waals surface area contributed by atoms with Crippen LogP contribution in [-0.4, -0.2) is 27.4 Å². The van der Waals surface area contributed by atoms with Crippen LogP contribution in [-0.2, 0) is 4.79 Å². The average molecular weight is 433 g/mol. The van der Waals surface area contributed by atoms with Crippen LogP contribution in [0.2, 0.25) is 0 Å². The number of non-ortho nitro benzene ring substituents is 1. The first-order valence-corrected chi connectivity index (χ1v) is 10.5. The van der Waals surface area contributed by atoms with Crippen LogP contribution in [0, 0.1) is 17.0 Å². The molecule has 1 saturated heterocycles. The van der Waals surface area contributed by atoms with Gasteiger partial charge in [-0.1, -0.05) is 29.8 Å². The highest BCUT2D eigenvalue weighted by Gasteiger charge is 2.32. The number of nitro groups is 1. The lowest BCUT2D eigenvalue weighted by Gasteiger charge is -2.11. The van der Waals surface area contributed by atoms with E-state index in [9.17, 15) is 14.9 Å². The summed E-state index contributed by atoms with van der Waals surface area (Å²) in [5, 5.41) is 11.6. The molecule has 0 bridgehead atoms. The van der Waals surface area contributed by atoms with Gasteiger partial charge >= 0.3 is 0 Å². The number of hydrogen-bond acceptors (Lipinski definition) is 6. The molecule has 0 saturated carbocycles. The van der Waals surface area contributed by atoms with Gasteiger partial charge in [-0.05, 0) is 49.9 Å². The standard InChI is InChI=1S/C23H19N3O4S/c1-3-25-22(27)21(31-23(25)24-17-9-7-15(2)8-10-17)14-19-11-12-20(30-19)16-5-4-6-18(13-16)26(28)29/h4-14H,3H2,1-2H3/b21-14+,24-23?. The van der Waals surface area contributed by atoms with Crippen molar-refractivity contribution >= 4 is 40.3 Å². The van der Waals surface area contributed by atoms with Crippen LogP contribution >= 0.6 is 11.8 Å². The molecule has 1 amide bonds. The number of aryl methyl sites for hydroxylation is 1. The van der Waals surface area contributed by atoms with Crippen LogP contribution in [0.25, 0.3) is 17.4 Å². The van der Waals surface area contributed by atoms with E-state index < -0.39 is 4.92 Å². The second-order valence-electron chi connectivity index (χ2n) is 6.90. The van der Waals surface area contributed by atoms with Crippen LogP contribution in [0.5, 0.6) is 0 Å². The minimum absolute atomic E-state index is 0.00845. The first-order valence-electron chi connectivity index (χ1n) is 9.66. The summed E-state index contributed by atoms with van der Waals surface area (Å²) >= 11 is 1.29. The molecule has 8 heteroatoms. The third kappa shape index (κ3) is 4.44. The van der Waals surface area contributed by atoms with Gasteiger partial charge < -0.3 is 4.42 Å². The molecule has 1 aliphatic heterocycles. The highest BCUT2D eigenvalue weighted by molar-refractivity contribution is 8.18. The van der Waals surface area contributed by atoms with E-state index in [1.54, 1.807) is 35.2 Å². The number of thioether (sulfide) groups is 1. The number of carbonyl (C=O) groups is 1. The van der Waals surface area contributed by atoms with Crippen molar-refractivity contribution in [3.05, 3.63) is 87.0 Å². The number of nitrogens with zero attached hydrogens (tertiary/aromatic N) is 3. The number of hydrogen-bond donors (Lipinski definition) is 0. The number of rotatable bonds is 5. The smallest absolute Gasteiger partial charge is 0.270 e. The van der Waals surface area contributed by atoms with E-state index in [1.807, 2.05) is 38.1 Å². The summed E-state index contributed by atoms with van der Waals surface area (Å²) in [5.74, 6) is 0.851. The van der Waals surface area contributed by atoms with Crippen LogP contribution in [0.3, 0.4) is 0 Å². The summed E-state index contributed by atoms with van der Waals surface area (Å²) in [4.78, 5) is 30.1. The van der Waals surface area contributed by atoms with Crippen molar-refractivity contribution < 1.29 is 14.1 Å². The molecule has 1 aliphatic rings. The van der Waals surface area contributed by atoms with Gasteiger partial charge in [0.25, 0.3) is 11.6 Å². The van der Waals surface area contributed by atoms with Gasteiger partial charge in [0, 0.05) is 30.3 Å². The Labute approximate surface area is 183 Å². The Kier molecular flexibility index (Phi) is 5.73. The zero-order chi connectivity index (χ0) is 22.0. The highest BCUT2D eigenvalue weighted by atomic mass is 32.2. The summed E-state index contributed by atoms with van der Waals surface area (Å²) in [6.45, 7) is 4.42. The molecule has 0 atom stereocenters. The van der Waals surface area contributed by atoms with E-state index >= 15 is 0 Å². The van der Waals surface area contributed by atoms with Crippen molar-refractivity contribution in [2.24, 2.45) is 4.99 Å². The largest absolute Gasteiger partial charge is 0.457 e. The van der Waals surface area contributed by atoms with Crippen LogP contribution in [0.15, 0.2) is 75.0 Å². The maximum Gasteiger partial charge on any atom is 0.270 e. The first-order chi connectivity index (χ1) is 14.9. The number of amides is 1. The van der Waals surface area contributed by atoms with Gasteiger partial charge in [0.2, 0.25) is 0 Å². The van der Waals surface area contributed by atoms with Gasteiger partial charge in [0.15, 0.2) is 5.17 Å². The zero-order valence-corrected chi connectivity index (χ0v) is 17.8. The molecular weight excluding hydrogens is 414 g/mol. The SMILES string of the molecule is CCN1C(=O)/C(=C\c2ccc(-c3cccc([N+](=O)[O-])c3)o2)SC1=Nc1ccc(C)cc1. The normalized spacial score (nSPS) is 16.5. The maximum atomic E-state index is 12.8. The van der Waals surface area contributed by atoms with E-state index in [0.29, 0.717) is 33.7 Å². The fourth-order valence-electron chi connectivity index (χ4n) is 3.09. The number of likely N-dealkylation sites (N-methyl/N-ethyl adjacent to an activating group) is 1. The Bertz CT molecular complexity index is 1210. The summed E-state index contributed by atoms with van der Waals surface area (Å²) in [6.07, 6.45) is 1.67. The molecule has 2 heterocycles. The van der Waals surface area contributed by atoms with E-state index in [-0.39, 0.29) is 11.6 Å². The van der Waals surface area contributed by atoms with Crippen molar-refractivity contribution in [1.82, 2.24) is 4.90 Å². The third-order valence-corrected chi connectivity index (χ3v) is 5.71. The number of amidine groups is 1. The number of benzene rings is 2. The summed E-state index contributed by atoms with van der Waals surface area (Å²) in [7, 11) is 0. The number of nitro benzene ring substituents is 1. The van der Waals surface area contributed by atoms with Gasteiger partial charge in [0.05, 0.1) is 15.5 Å². The monoisotopic (exact) mass is 433 g/mol. The molecule has 2 aromatic carbocycles. The second kappa shape index (κ2) is 8.61. The Morgan fingerprint density at radius 1 is 1.16 bits per heavy atom. The third-order valence-electron chi connectivity index (χ3n) is 4.70. The minimum atomic E-state index is -0.447. The molecule has 1 fully saturated rings. The van der Waals surface area contributed by atoms with Gasteiger partial charge in [-0.3, -0.25) is 19.8 Å². The second-order valence-corrected chi connectivity index (χ2v) is 7.91. The summed E-state index contributed by atoms with van der Waals surface area (Å²) < 4.78 is 5.83. The molecule has 0 N–H and O–H groups in total. The van der Waals surface area contributed by atoms with Crippen molar-refractivity contribution in [3.8, 4) is 11.3 Å². The van der Waals surface area contributed by atoms with Gasteiger partial charge in [-0.2, -0.15) is 0 Å². The molecule has 0 radical (unpaired) electrons. The van der Waals surface area contributed by atoms with E-state index in [4.69, 9.17) is 4.42 Å². The molecule has 4 rings (SSSR count). The molecule has 1 aromatic heterocycles. The highest BCUT2D eigenvalue weighted by Crippen LogP contribution is 2.35. The first kappa shape index (κ1) is 20.6. The molecule has 3 aromatic rings. The van der Waals surface area contributed by atoms with Crippen molar-refractivity contribution in [3.63, 3.8) is 0 Å². The molecule has 31 heavy (non-hydrogen) atoms. The lowest BCUT2D eigenvalue weighted by atomic mass is 10.1. The summed E-state index contributed by atoms with van der Waals surface area (Å²) in [6, 6.07) is 17.5. The van der Waals surface area contributed by atoms with Gasteiger partial charge in [0.1, 0.15) is 11.5 Å². The molecule has 156 valence electrons. The van der Waals surface area contributed by atoms with Crippen molar-refractivity contribution in [1.29, 1.82) is 0 Å². The van der Waals surface area contributed by atoms with Crippen LogP contribution in [0.1, 0.15) is 18.2 Å².